The molecule has 2 aromatic carbocycles. The molecule has 0 saturated carbocycles. The Balaban J connectivity index is 1.61. The molecule has 25 heavy (non-hydrogen) atoms. The molecule has 2 N–H and O–H groups in total. The number of rotatable bonds is 4. The highest BCUT2D eigenvalue weighted by molar-refractivity contribution is 7.80. The molecule has 0 fully saturated rings. The maximum absolute atomic E-state index is 6.01. The zero-order chi connectivity index (χ0) is 17.8. The third-order valence-corrected chi connectivity index (χ3v) is 4.16. The Morgan fingerprint density at radius 3 is 2.56 bits per heavy atom. The summed E-state index contributed by atoms with van der Waals surface area (Å²) in [6.07, 6.45) is 1.64. The van der Waals surface area contributed by atoms with E-state index in [4.69, 9.17) is 35.4 Å². The SMILES string of the molecule is Cc1ccc(Cl)cc1NC(=S)Nc1ncn(Cc2ccc(Cl)cc2)n1. The van der Waals surface area contributed by atoms with Crippen molar-refractivity contribution in [3.8, 4) is 0 Å². The molecule has 0 radical (unpaired) electrons. The fraction of sp³-hybridized carbons (Fsp3) is 0.118. The van der Waals surface area contributed by atoms with Crippen LogP contribution in [-0.4, -0.2) is 19.9 Å². The molecule has 0 saturated heterocycles. The van der Waals surface area contributed by atoms with Crippen molar-refractivity contribution < 1.29 is 0 Å². The molecule has 0 amide bonds. The van der Waals surface area contributed by atoms with Gasteiger partial charge in [-0.25, -0.2) is 9.67 Å². The van der Waals surface area contributed by atoms with Gasteiger partial charge in [0.2, 0.25) is 5.95 Å². The van der Waals surface area contributed by atoms with Crippen LogP contribution in [0.3, 0.4) is 0 Å². The van der Waals surface area contributed by atoms with E-state index in [2.05, 4.69) is 20.7 Å². The molecule has 5 nitrogen and oxygen atoms in total. The van der Waals surface area contributed by atoms with Gasteiger partial charge in [0.15, 0.2) is 5.11 Å². The fourth-order valence-electron chi connectivity index (χ4n) is 2.19. The molecular formula is C17H15Cl2N5S. The Hall–Kier alpha value is -2.15. The lowest BCUT2D eigenvalue weighted by Crippen LogP contribution is -2.20. The Bertz CT molecular complexity index is 892. The van der Waals surface area contributed by atoms with Crippen LogP contribution in [0.2, 0.25) is 10.0 Å². The smallest absolute Gasteiger partial charge is 0.248 e. The molecule has 0 bridgehead atoms. The number of thiocarbonyl (C=S) groups is 1. The van der Waals surface area contributed by atoms with Crippen molar-refractivity contribution in [1.29, 1.82) is 0 Å². The average Bonchev–Trinajstić information content (AvgIpc) is 3.00. The summed E-state index contributed by atoms with van der Waals surface area (Å²) in [6.45, 7) is 2.57. The number of halogens is 2. The standard InChI is InChI=1S/C17H15Cl2N5S/c1-11-2-5-14(19)8-15(11)21-17(25)22-16-20-10-24(23-16)9-12-3-6-13(18)7-4-12/h2-8,10H,9H2,1H3,(H2,21,22,23,25). The molecule has 8 heteroatoms. The van der Waals surface area contributed by atoms with E-state index in [0.717, 1.165) is 16.8 Å². The summed E-state index contributed by atoms with van der Waals surface area (Å²) >= 11 is 17.2. The third kappa shape index (κ3) is 4.92. The lowest BCUT2D eigenvalue weighted by Gasteiger charge is -2.10. The van der Waals surface area contributed by atoms with Crippen LogP contribution >= 0.6 is 35.4 Å². The summed E-state index contributed by atoms with van der Waals surface area (Å²) in [5.41, 5.74) is 2.96. The Kier molecular flexibility index (Phi) is 5.53. The van der Waals surface area contributed by atoms with Crippen LogP contribution in [0.1, 0.15) is 11.1 Å². The van der Waals surface area contributed by atoms with Crippen molar-refractivity contribution in [2.45, 2.75) is 13.5 Å². The molecule has 3 aromatic rings. The molecule has 3 rings (SSSR count). The van der Waals surface area contributed by atoms with E-state index in [1.54, 1.807) is 11.0 Å². The van der Waals surface area contributed by atoms with Crippen molar-refractivity contribution in [1.82, 2.24) is 14.8 Å². The molecule has 1 heterocycles. The van der Waals surface area contributed by atoms with Crippen molar-refractivity contribution in [2.24, 2.45) is 0 Å². The van der Waals surface area contributed by atoms with E-state index in [0.29, 0.717) is 27.7 Å². The molecule has 128 valence electrons. The fourth-order valence-corrected chi connectivity index (χ4v) is 2.69. The van der Waals surface area contributed by atoms with Gasteiger partial charge in [-0.2, -0.15) is 0 Å². The third-order valence-electron chi connectivity index (χ3n) is 3.47. The minimum atomic E-state index is 0.398. The quantitative estimate of drug-likeness (QED) is 0.628. The summed E-state index contributed by atoms with van der Waals surface area (Å²) in [5.74, 6) is 0.422. The first-order valence-corrected chi connectivity index (χ1v) is 8.64. The van der Waals surface area contributed by atoms with Crippen LogP contribution < -0.4 is 10.6 Å². The molecule has 0 aliphatic heterocycles. The average molecular weight is 392 g/mol. The van der Waals surface area contributed by atoms with Gasteiger partial charge < -0.3 is 5.32 Å². The van der Waals surface area contributed by atoms with E-state index in [1.807, 2.05) is 49.4 Å². The van der Waals surface area contributed by atoms with Crippen LogP contribution in [0.25, 0.3) is 0 Å². The summed E-state index contributed by atoms with van der Waals surface area (Å²) in [5, 5.41) is 12.2. The maximum Gasteiger partial charge on any atom is 0.248 e. The second-order valence-electron chi connectivity index (χ2n) is 5.43. The summed E-state index contributed by atoms with van der Waals surface area (Å²) in [7, 11) is 0. The van der Waals surface area contributed by atoms with Crippen LogP contribution in [-0.2, 0) is 6.54 Å². The zero-order valence-corrected chi connectivity index (χ0v) is 15.7. The maximum atomic E-state index is 6.01. The number of hydrogen-bond acceptors (Lipinski definition) is 3. The minimum Gasteiger partial charge on any atom is -0.332 e. The summed E-state index contributed by atoms with van der Waals surface area (Å²) in [6, 6.07) is 13.2. The van der Waals surface area contributed by atoms with Crippen molar-refractivity contribution in [3.63, 3.8) is 0 Å². The topological polar surface area (TPSA) is 54.8 Å². The number of nitrogens with one attached hydrogen (secondary N) is 2. The lowest BCUT2D eigenvalue weighted by molar-refractivity contribution is 0.687. The number of aryl methyl sites for hydroxylation is 1. The number of aromatic nitrogens is 3. The van der Waals surface area contributed by atoms with Gasteiger partial charge in [-0.15, -0.1) is 5.10 Å². The monoisotopic (exact) mass is 391 g/mol. The van der Waals surface area contributed by atoms with E-state index < -0.39 is 0 Å². The predicted octanol–water partition coefficient (Wildman–Crippen LogP) is 4.75. The second kappa shape index (κ2) is 7.82. The first-order valence-electron chi connectivity index (χ1n) is 7.47. The highest BCUT2D eigenvalue weighted by atomic mass is 35.5. The van der Waals surface area contributed by atoms with Crippen molar-refractivity contribution in [2.75, 3.05) is 10.6 Å². The van der Waals surface area contributed by atoms with Crippen LogP contribution in [0, 0.1) is 6.92 Å². The number of hydrogen-bond donors (Lipinski definition) is 2. The summed E-state index contributed by atoms with van der Waals surface area (Å²) in [4.78, 5) is 4.21. The zero-order valence-electron chi connectivity index (χ0n) is 13.3. The Morgan fingerprint density at radius 1 is 1.08 bits per heavy atom. The van der Waals surface area contributed by atoms with Crippen LogP contribution in [0.15, 0.2) is 48.8 Å². The Morgan fingerprint density at radius 2 is 1.80 bits per heavy atom. The van der Waals surface area contributed by atoms with E-state index in [-0.39, 0.29) is 0 Å². The summed E-state index contributed by atoms with van der Waals surface area (Å²) < 4.78 is 1.72. The highest BCUT2D eigenvalue weighted by Crippen LogP contribution is 2.20. The molecule has 0 atom stereocenters. The molecule has 0 aliphatic carbocycles. The van der Waals surface area contributed by atoms with Gasteiger partial charge in [-0.3, -0.25) is 5.32 Å². The number of anilines is 2. The second-order valence-corrected chi connectivity index (χ2v) is 6.71. The normalized spacial score (nSPS) is 10.5. The van der Waals surface area contributed by atoms with E-state index in [9.17, 15) is 0 Å². The molecular weight excluding hydrogens is 377 g/mol. The van der Waals surface area contributed by atoms with Crippen molar-refractivity contribution >= 4 is 52.2 Å². The van der Waals surface area contributed by atoms with Crippen molar-refractivity contribution in [3.05, 3.63) is 70.0 Å². The number of benzene rings is 2. The van der Waals surface area contributed by atoms with Gasteiger partial charge in [0.05, 0.1) is 6.54 Å². The predicted molar refractivity (Wildman–Crippen MR) is 107 cm³/mol. The number of nitrogens with zero attached hydrogens (tertiary/aromatic N) is 3. The van der Waals surface area contributed by atoms with Gasteiger partial charge in [0, 0.05) is 15.7 Å². The van der Waals surface area contributed by atoms with Gasteiger partial charge >= 0.3 is 0 Å². The van der Waals surface area contributed by atoms with E-state index >= 15 is 0 Å². The van der Waals surface area contributed by atoms with Gasteiger partial charge in [-0.1, -0.05) is 41.4 Å². The molecule has 0 aliphatic rings. The lowest BCUT2D eigenvalue weighted by atomic mass is 10.2. The largest absolute Gasteiger partial charge is 0.332 e. The van der Waals surface area contributed by atoms with Crippen LogP contribution in [0.4, 0.5) is 11.6 Å². The molecule has 0 unspecified atom stereocenters. The highest BCUT2D eigenvalue weighted by Gasteiger charge is 2.06. The Labute approximate surface area is 161 Å². The minimum absolute atomic E-state index is 0.398. The molecule has 1 aromatic heterocycles. The van der Waals surface area contributed by atoms with E-state index in [1.165, 1.54) is 0 Å². The first kappa shape index (κ1) is 17.7. The molecule has 0 spiro atoms. The van der Waals surface area contributed by atoms with Gasteiger partial charge in [0.1, 0.15) is 6.33 Å². The van der Waals surface area contributed by atoms with Gasteiger partial charge in [0.25, 0.3) is 0 Å². The van der Waals surface area contributed by atoms with Crippen LogP contribution in [0.5, 0.6) is 0 Å². The van der Waals surface area contributed by atoms with Gasteiger partial charge in [-0.05, 0) is 54.5 Å². The first-order chi connectivity index (χ1) is 12.0.